The van der Waals surface area contributed by atoms with Crippen LogP contribution in [0.4, 0.5) is 5.69 Å². The Morgan fingerprint density at radius 1 is 1.15 bits per heavy atom. The van der Waals surface area contributed by atoms with Crippen LogP contribution in [0.25, 0.3) is 22.0 Å². The van der Waals surface area contributed by atoms with Gasteiger partial charge in [0.05, 0.1) is 24.2 Å². The van der Waals surface area contributed by atoms with Gasteiger partial charge in [-0.25, -0.2) is 4.68 Å². The highest BCUT2D eigenvalue weighted by Crippen LogP contribution is 2.33. The summed E-state index contributed by atoms with van der Waals surface area (Å²) < 4.78 is 12.7. The van der Waals surface area contributed by atoms with Crippen LogP contribution in [0.1, 0.15) is 19.4 Å². The predicted molar refractivity (Wildman–Crippen MR) is 136 cm³/mol. The van der Waals surface area contributed by atoms with Gasteiger partial charge in [-0.2, -0.15) is 5.10 Å². The second-order valence-corrected chi connectivity index (χ2v) is 8.69. The van der Waals surface area contributed by atoms with Crippen molar-refractivity contribution in [2.24, 2.45) is 10.1 Å². The van der Waals surface area contributed by atoms with Gasteiger partial charge in [0, 0.05) is 17.5 Å². The first-order valence-corrected chi connectivity index (χ1v) is 11.9. The lowest BCUT2D eigenvalue weighted by Gasteiger charge is -2.18. The van der Waals surface area contributed by atoms with E-state index in [-0.39, 0.29) is 12.5 Å². The number of carbonyl (C=O) groups excluding carboxylic acids is 1. The molecule has 0 unspecified atom stereocenters. The summed E-state index contributed by atoms with van der Waals surface area (Å²) in [5.74, 6) is 1.34. The van der Waals surface area contributed by atoms with E-state index in [1.807, 2.05) is 54.2 Å². The third-order valence-corrected chi connectivity index (χ3v) is 6.46. The first-order valence-electron chi connectivity index (χ1n) is 11.0. The van der Waals surface area contributed by atoms with Crippen LogP contribution < -0.4 is 19.6 Å². The zero-order chi connectivity index (χ0) is 23.7. The third-order valence-electron chi connectivity index (χ3n) is 5.60. The molecule has 7 nitrogen and oxygen atoms in total. The van der Waals surface area contributed by atoms with Crippen molar-refractivity contribution in [3.8, 4) is 22.8 Å². The summed E-state index contributed by atoms with van der Waals surface area (Å²) in [5.41, 5.74) is 4.36. The Balaban J connectivity index is 1.58. The number of rotatable bonds is 5. The zero-order valence-corrected chi connectivity index (χ0v) is 20.0. The molecule has 0 saturated carbocycles. The number of carbonyl (C=O) groups is 1. The number of hydrogen-bond acceptors (Lipinski definition) is 6. The molecule has 4 aromatic rings. The molecule has 1 amide bonds. The molecule has 0 bridgehead atoms. The van der Waals surface area contributed by atoms with Gasteiger partial charge in [0.25, 0.3) is 5.91 Å². The molecule has 3 aromatic carbocycles. The maximum Gasteiger partial charge on any atom is 0.262 e. The van der Waals surface area contributed by atoms with Crippen LogP contribution in [0.3, 0.4) is 0 Å². The van der Waals surface area contributed by atoms with E-state index in [0.717, 1.165) is 43.9 Å². The fourth-order valence-electron chi connectivity index (χ4n) is 3.86. The Hall–Kier alpha value is -3.91. The first kappa shape index (κ1) is 21.9. The summed E-state index contributed by atoms with van der Waals surface area (Å²) in [6.45, 7) is 4.69. The van der Waals surface area contributed by atoms with Crippen molar-refractivity contribution in [2.75, 3.05) is 25.6 Å². The average Bonchev–Trinajstić information content (AvgIpc) is 3.25. The standard InChI is InChI=1S/C26H24N4O3S/c1-4-27-26-30(23(15-34-26)20-8-10-24-22(13-20)28-25(31)14-33-24)29-16(2)17-5-6-19-12-21(32-3)9-7-18(19)11-17/h5-13,15H,4,14H2,1-3H3,(H,28,31). The molecule has 2 heterocycles. The molecular formula is C26H24N4O3S. The molecule has 1 aromatic heterocycles. The lowest BCUT2D eigenvalue weighted by atomic mass is 10.0. The summed E-state index contributed by atoms with van der Waals surface area (Å²) in [5, 5.41) is 12.1. The summed E-state index contributed by atoms with van der Waals surface area (Å²) in [6, 6.07) is 18.1. The van der Waals surface area contributed by atoms with Crippen molar-refractivity contribution in [2.45, 2.75) is 13.8 Å². The van der Waals surface area contributed by atoms with Gasteiger partial charge in [-0.3, -0.25) is 9.79 Å². The minimum Gasteiger partial charge on any atom is -0.497 e. The number of aromatic nitrogens is 1. The molecule has 1 aliphatic heterocycles. The number of hydrogen-bond donors (Lipinski definition) is 1. The van der Waals surface area contributed by atoms with Gasteiger partial charge < -0.3 is 14.8 Å². The molecule has 172 valence electrons. The number of benzene rings is 3. The lowest BCUT2D eigenvalue weighted by molar-refractivity contribution is -0.118. The normalized spacial score (nSPS) is 14.0. The molecular weight excluding hydrogens is 448 g/mol. The molecule has 0 aliphatic carbocycles. The molecule has 0 atom stereocenters. The van der Waals surface area contributed by atoms with E-state index in [1.54, 1.807) is 7.11 Å². The predicted octanol–water partition coefficient (Wildman–Crippen LogP) is 4.90. The van der Waals surface area contributed by atoms with Crippen LogP contribution in [0.5, 0.6) is 11.5 Å². The average molecular weight is 473 g/mol. The monoisotopic (exact) mass is 472 g/mol. The van der Waals surface area contributed by atoms with Crippen LogP contribution in [-0.4, -0.2) is 36.6 Å². The van der Waals surface area contributed by atoms with Crippen molar-refractivity contribution in [1.29, 1.82) is 0 Å². The van der Waals surface area contributed by atoms with Crippen molar-refractivity contribution >= 4 is 39.4 Å². The maximum absolute atomic E-state index is 11.8. The van der Waals surface area contributed by atoms with E-state index in [4.69, 9.17) is 14.6 Å². The molecule has 0 radical (unpaired) electrons. The van der Waals surface area contributed by atoms with Crippen molar-refractivity contribution in [3.05, 3.63) is 70.3 Å². The minimum absolute atomic E-state index is 0.0341. The Bertz CT molecular complexity index is 1500. The third kappa shape index (κ3) is 4.20. The fourth-order valence-corrected chi connectivity index (χ4v) is 4.76. The van der Waals surface area contributed by atoms with Crippen molar-refractivity contribution in [1.82, 2.24) is 4.68 Å². The second-order valence-electron chi connectivity index (χ2n) is 7.85. The summed E-state index contributed by atoms with van der Waals surface area (Å²) in [7, 11) is 1.67. The Morgan fingerprint density at radius 3 is 2.79 bits per heavy atom. The zero-order valence-electron chi connectivity index (χ0n) is 19.2. The van der Waals surface area contributed by atoms with Crippen LogP contribution in [0.15, 0.2) is 70.1 Å². The number of amides is 1. The van der Waals surface area contributed by atoms with E-state index in [9.17, 15) is 4.79 Å². The van der Waals surface area contributed by atoms with Crippen LogP contribution in [0, 0.1) is 0 Å². The van der Waals surface area contributed by atoms with E-state index < -0.39 is 0 Å². The van der Waals surface area contributed by atoms with E-state index in [1.165, 1.54) is 11.3 Å². The summed E-state index contributed by atoms with van der Waals surface area (Å²) >= 11 is 1.53. The number of anilines is 1. The van der Waals surface area contributed by atoms with Gasteiger partial charge in [0.15, 0.2) is 6.61 Å². The van der Waals surface area contributed by atoms with E-state index in [0.29, 0.717) is 18.0 Å². The van der Waals surface area contributed by atoms with Crippen molar-refractivity contribution < 1.29 is 14.3 Å². The first-order chi connectivity index (χ1) is 16.6. The van der Waals surface area contributed by atoms with Crippen LogP contribution in [-0.2, 0) is 4.79 Å². The number of ether oxygens (including phenoxy) is 2. The minimum atomic E-state index is -0.160. The highest BCUT2D eigenvalue weighted by molar-refractivity contribution is 7.07. The molecule has 1 aliphatic rings. The van der Waals surface area contributed by atoms with Gasteiger partial charge in [-0.05, 0) is 66.6 Å². The smallest absolute Gasteiger partial charge is 0.262 e. The maximum atomic E-state index is 11.8. The second kappa shape index (κ2) is 9.15. The molecule has 5 rings (SSSR count). The lowest BCUT2D eigenvalue weighted by Crippen LogP contribution is -2.25. The molecule has 8 heteroatoms. The number of nitrogens with zero attached hydrogens (tertiary/aromatic N) is 3. The quantitative estimate of drug-likeness (QED) is 0.420. The molecule has 1 N–H and O–H groups in total. The highest BCUT2D eigenvalue weighted by Gasteiger charge is 2.18. The van der Waals surface area contributed by atoms with Crippen molar-refractivity contribution in [3.63, 3.8) is 0 Å². The molecule has 0 spiro atoms. The van der Waals surface area contributed by atoms with Crippen LogP contribution in [0.2, 0.25) is 0 Å². The van der Waals surface area contributed by atoms with Gasteiger partial charge in [0.1, 0.15) is 11.5 Å². The Morgan fingerprint density at radius 2 is 1.97 bits per heavy atom. The topological polar surface area (TPSA) is 77.2 Å². The van der Waals surface area contributed by atoms with Gasteiger partial charge in [-0.1, -0.05) is 18.2 Å². The van der Waals surface area contributed by atoms with Gasteiger partial charge in [-0.15, -0.1) is 11.3 Å². The molecule has 0 fully saturated rings. The molecule has 34 heavy (non-hydrogen) atoms. The van der Waals surface area contributed by atoms with Gasteiger partial charge >= 0.3 is 0 Å². The van der Waals surface area contributed by atoms with Crippen LogP contribution >= 0.6 is 11.3 Å². The Kier molecular flexibility index (Phi) is 5.90. The number of thiazole rings is 1. The van der Waals surface area contributed by atoms with E-state index >= 15 is 0 Å². The fraction of sp³-hybridized carbons (Fsp3) is 0.192. The van der Waals surface area contributed by atoms with E-state index in [2.05, 4.69) is 34.6 Å². The number of nitrogens with one attached hydrogen (secondary N) is 1. The summed E-state index contributed by atoms with van der Waals surface area (Å²) in [6.07, 6.45) is 0. The highest BCUT2D eigenvalue weighted by atomic mass is 32.1. The Labute approximate surface area is 201 Å². The molecule has 0 saturated heterocycles. The SMILES string of the molecule is CCN=c1scc(-c2ccc3c(c2)NC(=O)CO3)n1N=C(C)c1ccc2cc(OC)ccc2c1. The van der Waals surface area contributed by atoms with Gasteiger partial charge in [0.2, 0.25) is 4.80 Å². The number of methoxy groups -OCH3 is 1. The number of fused-ring (bicyclic) bond motifs is 2. The summed E-state index contributed by atoms with van der Waals surface area (Å²) in [4.78, 5) is 17.2. The largest absolute Gasteiger partial charge is 0.497 e.